The van der Waals surface area contributed by atoms with Gasteiger partial charge in [0, 0.05) is 19.1 Å². The van der Waals surface area contributed by atoms with Crippen LogP contribution >= 0.6 is 0 Å². The summed E-state index contributed by atoms with van der Waals surface area (Å²) < 4.78 is 0. The van der Waals surface area contributed by atoms with Gasteiger partial charge in [-0.05, 0) is 26.3 Å². The van der Waals surface area contributed by atoms with Crippen LogP contribution in [0, 0.1) is 0 Å². The van der Waals surface area contributed by atoms with Crippen molar-refractivity contribution in [3.8, 4) is 0 Å². The van der Waals surface area contributed by atoms with Crippen LogP contribution in [-0.4, -0.2) is 41.8 Å². The van der Waals surface area contributed by atoms with E-state index in [1.807, 2.05) is 6.92 Å². The second kappa shape index (κ2) is 4.04. The Balaban J connectivity index is 2.08. The molecular weight excluding hydrogens is 140 g/mol. The predicted octanol–water partition coefficient (Wildman–Crippen LogP) is -0.210. The minimum atomic E-state index is -0.0944. The Morgan fingerprint density at radius 2 is 2.45 bits per heavy atom. The topological polar surface area (TPSA) is 49.5 Å². The summed E-state index contributed by atoms with van der Waals surface area (Å²) in [6.45, 7) is 4.93. The maximum Gasteiger partial charge on any atom is 0.0679 e. The van der Waals surface area contributed by atoms with E-state index in [1.54, 1.807) is 0 Å². The van der Waals surface area contributed by atoms with E-state index < -0.39 is 0 Å². The van der Waals surface area contributed by atoms with Crippen LogP contribution in [0.4, 0.5) is 0 Å². The lowest BCUT2D eigenvalue weighted by Crippen LogP contribution is -2.28. The third kappa shape index (κ3) is 3.18. The zero-order valence-electron chi connectivity index (χ0n) is 7.16. The molecule has 1 aliphatic rings. The molecular formula is C8H18N2O. The molecule has 66 valence electrons. The van der Waals surface area contributed by atoms with Crippen molar-refractivity contribution >= 4 is 0 Å². The SMILES string of the molecule is CC(N)CCN1CCC(O)C1. The highest BCUT2D eigenvalue weighted by Gasteiger charge is 2.19. The molecule has 2 unspecified atom stereocenters. The predicted molar refractivity (Wildman–Crippen MR) is 45.3 cm³/mol. The van der Waals surface area contributed by atoms with Crippen LogP contribution in [-0.2, 0) is 0 Å². The van der Waals surface area contributed by atoms with Gasteiger partial charge in [0.1, 0.15) is 0 Å². The Labute approximate surface area is 68.2 Å². The van der Waals surface area contributed by atoms with E-state index in [0.717, 1.165) is 32.5 Å². The monoisotopic (exact) mass is 158 g/mol. The highest BCUT2D eigenvalue weighted by Crippen LogP contribution is 2.08. The summed E-state index contributed by atoms with van der Waals surface area (Å²) in [5.74, 6) is 0. The Hall–Kier alpha value is -0.120. The van der Waals surface area contributed by atoms with E-state index in [1.165, 1.54) is 0 Å². The number of aliphatic hydroxyl groups is 1. The number of nitrogens with zero attached hydrogens (tertiary/aromatic N) is 1. The number of β-amino-alcohol motifs (C(OH)–C–C–N with tert-alkyl or cyclic N) is 1. The number of hydrogen-bond acceptors (Lipinski definition) is 3. The molecule has 0 spiro atoms. The van der Waals surface area contributed by atoms with Crippen LogP contribution in [0.5, 0.6) is 0 Å². The minimum Gasteiger partial charge on any atom is -0.392 e. The van der Waals surface area contributed by atoms with E-state index in [2.05, 4.69) is 4.90 Å². The number of hydrogen-bond donors (Lipinski definition) is 2. The minimum absolute atomic E-state index is 0.0944. The van der Waals surface area contributed by atoms with Gasteiger partial charge >= 0.3 is 0 Å². The second-order valence-electron chi connectivity index (χ2n) is 3.51. The first-order chi connectivity index (χ1) is 5.18. The second-order valence-corrected chi connectivity index (χ2v) is 3.51. The highest BCUT2D eigenvalue weighted by atomic mass is 16.3. The summed E-state index contributed by atoms with van der Waals surface area (Å²) in [4.78, 5) is 2.27. The molecule has 0 aromatic carbocycles. The molecule has 1 rings (SSSR count). The molecule has 0 bridgehead atoms. The fourth-order valence-electron chi connectivity index (χ4n) is 1.40. The summed E-state index contributed by atoms with van der Waals surface area (Å²) in [5, 5.41) is 9.19. The Morgan fingerprint density at radius 3 is 2.91 bits per heavy atom. The summed E-state index contributed by atoms with van der Waals surface area (Å²) >= 11 is 0. The van der Waals surface area contributed by atoms with E-state index in [-0.39, 0.29) is 12.1 Å². The largest absolute Gasteiger partial charge is 0.392 e. The molecule has 1 aliphatic heterocycles. The summed E-state index contributed by atoms with van der Waals surface area (Å²) in [6, 6.07) is 0.285. The van der Waals surface area contributed by atoms with E-state index in [4.69, 9.17) is 5.73 Å². The van der Waals surface area contributed by atoms with Crippen molar-refractivity contribution in [2.45, 2.75) is 31.9 Å². The third-order valence-corrected chi connectivity index (χ3v) is 2.15. The number of likely N-dealkylation sites (tertiary alicyclic amines) is 1. The van der Waals surface area contributed by atoms with Crippen molar-refractivity contribution in [1.82, 2.24) is 4.90 Å². The average molecular weight is 158 g/mol. The fourth-order valence-corrected chi connectivity index (χ4v) is 1.40. The molecule has 0 radical (unpaired) electrons. The van der Waals surface area contributed by atoms with Gasteiger partial charge in [0.2, 0.25) is 0 Å². The standard InChI is InChI=1S/C8H18N2O/c1-7(9)2-4-10-5-3-8(11)6-10/h7-8,11H,2-6,9H2,1H3. The molecule has 0 aromatic heterocycles. The van der Waals surface area contributed by atoms with Crippen LogP contribution in [0.25, 0.3) is 0 Å². The first kappa shape index (κ1) is 8.97. The van der Waals surface area contributed by atoms with Crippen molar-refractivity contribution in [2.24, 2.45) is 5.73 Å². The molecule has 0 aliphatic carbocycles. The third-order valence-electron chi connectivity index (χ3n) is 2.15. The highest BCUT2D eigenvalue weighted by molar-refractivity contribution is 4.74. The van der Waals surface area contributed by atoms with E-state index >= 15 is 0 Å². The van der Waals surface area contributed by atoms with Gasteiger partial charge in [-0.15, -0.1) is 0 Å². The van der Waals surface area contributed by atoms with Gasteiger partial charge in [-0.3, -0.25) is 0 Å². The summed E-state index contributed by atoms with van der Waals surface area (Å²) in [6.07, 6.45) is 1.87. The van der Waals surface area contributed by atoms with Gasteiger partial charge in [-0.2, -0.15) is 0 Å². The molecule has 2 atom stereocenters. The number of rotatable bonds is 3. The van der Waals surface area contributed by atoms with Crippen molar-refractivity contribution in [3.63, 3.8) is 0 Å². The molecule has 1 saturated heterocycles. The molecule has 3 heteroatoms. The first-order valence-corrected chi connectivity index (χ1v) is 4.34. The lowest BCUT2D eigenvalue weighted by atomic mass is 10.2. The molecule has 3 N–H and O–H groups in total. The molecule has 11 heavy (non-hydrogen) atoms. The zero-order valence-corrected chi connectivity index (χ0v) is 7.16. The van der Waals surface area contributed by atoms with Gasteiger partial charge in [0.05, 0.1) is 6.10 Å². The summed E-state index contributed by atoms with van der Waals surface area (Å²) in [7, 11) is 0. The van der Waals surface area contributed by atoms with Crippen molar-refractivity contribution < 1.29 is 5.11 Å². The smallest absolute Gasteiger partial charge is 0.0679 e. The Kier molecular flexibility index (Phi) is 3.30. The lowest BCUT2D eigenvalue weighted by Gasteiger charge is -2.15. The lowest BCUT2D eigenvalue weighted by molar-refractivity contribution is 0.175. The molecule has 0 amide bonds. The quantitative estimate of drug-likeness (QED) is 0.597. The molecule has 1 fully saturated rings. The van der Waals surface area contributed by atoms with Crippen molar-refractivity contribution in [2.75, 3.05) is 19.6 Å². The van der Waals surface area contributed by atoms with Gasteiger partial charge in [0.15, 0.2) is 0 Å². The van der Waals surface area contributed by atoms with Gasteiger partial charge in [-0.1, -0.05) is 0 Å². The van der Waals surface area contributed by atoms with Crippen LogP contribution in [0.3, 0.4) is 0 Å². The number of nitrogens with two attached hydrogens (primary N) is 1. The fraction of sp³-hybridized carbons (Fsp3) is 1.00. The van der Waals surface area contributed by atoms with Crippen molar-refractivity contribution in [1.29, 1.82) is 0 Å². The van der Waals surface area contributed by atoms with Gasteiger partial charge < -0.3 is 15.7 Å². The van der Waals surface area contributed by atoms with E-state index in [9.17, 15) is 5.11 Å². The van der Waals surface area contributed by atoms with Crippen LogP contribution in [0.1, 0.15) is 19.8 Å². The maximum atomic E-state index is 9.19. The Morgan fingerprint density at radius 1 is 1.73 bits per heavy atom. The number of aliphatic hydroxyl groups excluding tert-OH is 1. The van der Waals surface area contributed by atoms with Crippen LogP contribution in [0.15, 0.2) is 0 Å². The zero-order chi connectivity index (χ0) is 8.27. The van der Waals surface area contributed by atoms with Gasteiger partial charge in [-0.25, -0.2) is 0 Å². The summed E-state index contributed by atoms with van der Waals surface area (Å²) in [5.41, 5.74) is 5.62. The van der Waals surface area contributed by atoms with Crippen molar-refractivity contribution in [3.05, 3.63) is 0 Å². The molecule has 0 saturated carbocycles. The van der Waals surface area contributed by atoms with Gasteiger partial charge in [0.25, 0.3) is 0 Å². The average Bonchev–Trinajstić information content (AvgIpc) is 2.31. The maximum absolute atomic E-state index is 9.19. The molecule has 0 aromatic rings. The van der Waals surface area contributed by atoms with Crippen LogP contribution < -0.4 is 5.73 Å². The molecule has 3 nitrogen and oxygen atoms in total. The normalized spacial score (nSPS) is 29.2. The van der Waals surface area contributed by atoms with E-state index in [0.29, 0.717) is 0 Å². The first-order valence-electron chi connectivity index (χ1n) is 4.34. The molecule has 1 heterocycles. The Bertz CT molecular complexity index is 117. The van der Waals surface area contributed by atoms with Crippen LogP contribution in [0.2, 0.25) is 0 Å².